The SMILES string of the molecule is O=C(C[n+]1cc(-c2ccc3ccccc3n2)cc2ccccc21)c1ccccc1. The van der Waals surface area contributed by atoms with E-state index in [2.05, 4.69) is 24.3 Å². The van der Waals surface area contributed by atoms with Crippen LogP contribution in [-0.4, -0.2) is 10.8 Å². The molecule has 3 aromatic carbocycles. The highest BCUT2D eigenvalue weighted by Gasteiger charge is 2.18. The number of carbonyl (C=O) groups excluding carboxylic acids is 1. The van der Waals surface area contributed by atoms with Crippen molar-refractivity contribution in [2.75, 3.05) is 0 Å². The van der Waals surface area contributed by atoms with Crippen LogP contribution in [0, 0.1) is 0 Å². The highest BCUT2D eigenvalue weighted by Crippen LogP contribution is 2.23. The van der Waals surface area contributed by atoms with Crippen LogP contribution in [0.4, 0.5) is 0 Å². The first-order valence-corrected chi connectivity index (χ1v) is 9.65. The van der Waals surface area contributed by atoms with Gasteiger partial charge >= 0.3 is 0 Å². The van der Waals surface area contributed by atoms with Gasteiger partial charge in [0.05, 0.1) is 16.8 Å². The molecule has 5 aromatic rings. The summed E-state index contributed by atoms with van der Waals surface area (Å²) in [7, 11) is 0. The van der Waals surface area contributed by atoms with E-state index in [1.54, 1.807) is 0 Å². The van der Waals surface area contributed by atoms with Gasteiger partial charge in [0.1, 0.15) is 0 Å². The Bertz CT molecular complexity index is 1340. The van der Waals surface area contributed by atoms with E-state index >= 15 is 0 Å². The number of rotatable bonds is 4. The Morgan fingerprint density at radius 1 is 0.759 bits per heavy atom. The Hall–Kier alpha value is -3.85. The zero-order valence-corrected chi connectivity index (χ0v) is 15.8. The van der Waals surface area contributed by atoms with Gasteiger partial charge in [0.15, 0.2) is 6.20 Å². The molecule has 0 aliphatic heterocycles. The molecule has 0 bridgehead atoms. The van der Waals surface area contributed by atoms with Crippen LogP contribution in [-0.2, 0) is 6.54 Å². The molecule has 29 heavy (non-hydrogen) atoms. The Kier molecular flexibility index (Phi) is 4.34. The third-order valence-corrected chi connectivity index (χ3v) is 5.16. The molecule has 0 N–H and O–H groups in total. The van der Waals surface area contributed by atoms with Crippen LogP contribution in [0.2, 0.25) is 0 Å². The molecule has 0 amide bonds. The highest BCUT2D eigenvalue weighted by molar-refractivity contribution is 5.95. The second-order valence-electron chi connectivity index (χ2n) is 7.09. The van der Waals surface area contributed by atoms with Crippen molar-refractivity contribution in [1.29, 1.82) is 0 Å². The van der Waals surface area contributed by atoms with Crippen molar-refractivity contribution in [1.82, 2.24) is 4.98 Å². The number of benzene rings is 3. The molecular formula is C26H19N2O+. The number of aromatic nitrogens is 2. The van der Waals surface area contributed by atoms with Gasteiger partial charge in [-0.3, -0.25) is 4.79 Å². The summed E-state index contributed by atoms with van der Waals surface area (Å²) < 4.78 is 2.02. The standard InChI is InChI=1S/C26H19N2O/c29-26(20-9-2-1-3-10-20)18-28-17-22(16-21-11-5-7-13-25(21)28)24-15-14-19-8-4-6-12-23(19)27-24/h1-17H,18H2/q+1. The molecule has 0 radical (unpaired) electrons. The topological polar surface area (TPSA) is 33.8 Å². The molecule has 0 atom stereocenters. The van der Waals surface area contributed by atoms with Crippen molar-refractivity contribution in [3.8, 4) is 11.3 Å². The number of fused-ring (bicyclic) bond motifs is 2. The van der Waals surface area contributed by atoms with Gasteiger partial charge in [-0.2, -0.15) is 4.57 Å². The highest BCUT2D eigenvalue weighted by atomic mass is 16.1. The van der Waals surface area contributed by atoms with E-state index < -0.39 is 0 Å². The summed E-state index contributed by atoms with van der Waals surface area (Å²) >= 11 is 0. The molecule has 0 fully saturated rings. The van der Waals surface area contributed by atoms with Crippen molar-refractivity contribution < 1.29 is 9.36 Å². The van der Waals surface area contributed by atoms with E-state index in [0.717, 1.165) is 38.6 Å². The summed E-state index contributed by atoms with van der Waals surface area (Å²) in [6.45, 7) is 0.284. The average Bonchev–Trinajstić information content (AvgIpc) is 2.79. The summed E-state index contributed by atoms with van der Waals surface area (Å²) in [5, 5.41) is 2.20. The molecule has 3 heteroatoms. The Morgan fingerprint density at radius 2 is 1.48 bits per heavy atom. The fraction of sp³-hybridized carbons (Fsp3) is 0.0385. The number of pyridine rings is 2. The summed E-state index contributed by atoms with van der Waals surface area (Å²) in [4.78, 5) is 17.7. The lowest BCUT2D eigenvalue weighted by atomic mass is 10.1. The summed E-state index contributed by atoms with van der Waals surface area (Å²) in [6, 6.07) is 31.9. The van der Waals surface area contributed by atoms with Crippen molar-refractivity contribution in [3.63, 3.8) is 0 Å². The maximum Gasteiger partial charge on any atom is 0.227 e. The number of Topliss-reactive ketones (excluding diaryl/α,β-unsaturated/α-hetero) is 1. The minimum Gasteiger partial charge on any atom is -0.287 e. The molecule has 0 saturated carbocycles. The van der Waals surface area contributed by atoms with Crippen LogP contribution in [0.15, 0.2) is 103 Å². The zero-order valence-electron chi connectivity index (χ0n) is 15.8. The van der Waals surface area contributed by atoms with Crippen LogP contribution in [0.3, 0.4) is 0 Å². The molecule has 3 nitrogen and oxygen atoms in total. The van der Waals surface area contributed by atoms with Gasteiger partial charge in [0.25, 0.3) is 0 Å². The van der Waals surface area contributed by atoms with Crippen LogP contribution in [0.5, 0.6) is 0 Å². The van der Waals surface area contributed by atoms with Gasteiger partial charge in [-0.05, 0) is 24.3 Å². The van der Waals surface area contributed by atoms with Crippen molar-refractivity contribution in [2.45, 2.75) is 6.54 Å². The maximum atomic E-state index is 12.8. The summed E-state index contributed by atoms with van der Waals surface area (Å²) in [6.07, 6.45) is 2.03. The smallest absolute Gasteiger partial charge is 0.227 e. The van der Waals surface area contributed by atoms with Crippen molar-refractivity contribution in [3.05, 3.63) is 109 Å². The number of para-hydroxylation sites is 2. The first-order valence-electron chi connectivity index (χ1n) is 9.65. The fourth-order valence-corrected chi connectivity index (χ4v) is 3.68. The molecule has 2 aromatic heterocycles. The molecule has 0 saturated heterocycles. The third kappa shape index (κ3) is 3.39. The number of hydrogen-bond acceptors (Lipinski definition) is 2. The zero-order chi connectivity index (χ0) is 19.6. The fourth-order valence-electron chi connectivity index (χ4n) is 3.68. The molecule has 138 valence electrons. The predicted molar refractivity (Wildman–Crippen MR) is 116 cm³/mol. The Balaban J connectivity index is 1.62. The number of hydrogen-bond donors (Lipinski definition) is 0. The van der Waals surface area contributed by atoms with E-state index in [-0.39, 0.29) is 12.3 Å². The van der Waals surface area contributed by atoms with E-state index in [4.69, 9.17) is 4.98 Å². The molecule has 5 rings (SSSR count). The van der Waals surface area contributed by atoms with Gasteiger partial charge < -0.3 is 0 Å². The second-order valence-corrected chi connectivity index (χ2v) is 7.09. The maximum absolute atomic E-state index is 12.8. The van der Waals surface area contributed by atoms with E-state index in [9.17, 15) is 4.79 Å². The van der Waals surface area contributed by atoms with Gasteiger partial charge in [-0.15, -0.1) is 0 Å². The van der Waals surface area contributed by atoms with Crippen molar-refractivity contribution >= 4 is 27.6 Å². The number of carbonyl (C=O) groups is 1. The van der Waals surface area contributed by atoms with Crippen LogP contribution >= 0.6 is 0 Å². The Labute approximate surface area is 168 Å². The van der Waals surface area contributed by atoms with E-state index in [1.165, 1.54) is 0 Å². The lowest BCUT2D eigenvalue weighted by Gasteiger charge is -2.06. The summed E-state index contributed by atoms with van der Waals surface area (Å²) in [5.74, 6) is 0.0874. The predicted octanol–water partition coefficient (Wildman–Crippen LogP) is 5.23. The number of nitrogens with zero attached hydrogens (tertiary/aromatic N) is 2. The quantitative estimate of drug-likeness (QED) is 0.319. The van der Waals surface area contributed by atoms with Gasteiger partial charge in [-0.1, -0.05) is 66.7 Å². The molecule has 0 spiro atoms. The second kappa shape index (κ2) is 7.28. The van der Waals surface area contributed by atoms with Gasteiger partial charge in [0, 0.05) is 22.4 Å². The lowest BCUT2D eigenvalue weighted by Crippen LogP contribution is -2.38. The lowest BCUT2D eigenvalue weighted by molar-refractivity contribution is -0.656. The normalized spacial score (nSPS) is 11.0. The third-order valence-electron chi connectivity index (χ3n) is 5.16. The minimum atomic E-state index is 0.0874. The monoisotopic (exact) mass is 375 g/mol. The summed E-state index contributed by atoms with van der Waals surface area (Å²) in [5.41, 5.74) is 4.61. The van der Waals surface area contributed by atoms with Gasteiger partial charge in [0.2, 0.25) is 17.8 Å². The molecule has 0 aliphatic carbocycles. The van der Waals surface area contributed by atoms with E-state index in [0.29, 0.717) is 0 Å². The van der Waals surface area contributed by atoms with Crippen LogP contribution in [0.1, 0.15) is 10.4 Å². The minimum absolute atomic E-state index is 0.0874. The van der Waals surface area contributed by atoms with E-state index in [1.807, 2.05) is 83.6 Å². The van der Waals surface area contributed by atoms with Crippen molar-refractivity contribution in [2.24, 2.45) is 0 Å². The Morgan fingerprint density at radius 3 is 2.34 bits per heavy atom. The van der Waals surface area contributed by atoms with Gasteiger partial charge in [-0.25, -0.2) is 4.98 Å². The largest absolute Gasteiger partial charge is 0.287 e. The average molecular weight is 375 g/mol. The first kappa shape index (κ1) is 17.3. The number of ketones is 1. The molecule has 2 heterocycles. The first-order chi connectivity index (χ1) is 14.3. The molecule has 0 unspecified atom stereocenters. The molecule has 0 aliphatic rings. The van der Waals surface area contributed by atoms with Crippen LogP contribution in [0.25, 0.3) is 33.1 Å². The molecular weight excluding hydrogens is 356 g/mol. The van der Waals surface area contributed by atoms with Crippen LogP contribution < -0.4 is 4.57 Å².